The van der Waals surface area contributed by atoms with Crippen molar-refractivity contribution < 1.29 is 9.59 Å². The van der Waals surface area contributed by atoms with Gasteiger partial charge in [0.15, 0.2) is 5.82 Å². The lowest BCUT2D eigenvalue weighted by molar-refractivity contribution is -0.121. The molecule has 0 bridgehead atoms. The Bertz CT molecular complexity index is 700. The van der Waals surface area contributed by atoms with Crippen molar-refractivity contribution in [3.05, 3.63) is 42.4 Å². The van der Waals surface area contributed by atoms with Gasteiger partial charge in [0, 0.05) is 38.2 Å². The van der Waals surface area contributed by atoms with E-state index in [1.165, 1.54) is 0 Å². The van der Waals surface area contributed by atoms with Crippen LogP contribution >= 0.6 is 0 Å². The van der Waals surface area contributed by atoms with Gasteiger partial charge in [-0.25, -0.2) is 14.5 Å². The van der Waals surface area contributed by atoms with Gasteiger partial charge >= 0.3 is 6.03 Å². The molecule has 2 aromatic rings. The summed E-state index contributed by atoms with van der Waals surface area (Å²) in [5.41, 5.74) is 6.20. The molecule has 1 aliphatic heterocycles. The van der Waals surface area contributed by atoms with E-state index < -0.39 is 0 Å². The molecule has 1 saturated heterocycles. The van der Waals surface area contributed by atoms with Gasteiger partial charge in [0.1, 0.15) is 0 Å². The molecule has 0 radical (unpaired) electrons. The molecule has 2 aromatic heterocycles. The first-order valence-corrected chi connectivity index (χ1v) is 7.40. The Balaban J connectivity index is 1.57. The van der Waals surface area contributed by atoms with Crippen LogP contribution in [-0.4, -0.2) is 44.7 Å². The minimum atomic E-state index is -0.349. The molecule has 0 spiro atoms. The number of amides is 3. The van der Waals surface area contributed by atoms with E-state index in [0.717, 1.165) is 5.56 Å². The molecule has 3 N–H and O–H groups in total. The molecule has 1 atom stereocenters. The summed E-state index contributed by atoms with van der Waals surface area (Å²) in [6.07, 6.45) is 5.79. The van der Waals surface area contributed by atoms with E-state index in [1.54, 1.807) is 28.2 Å². The van der Waals surface area contributed by atoms with E-state index >= 15 is 0 Å². The van der Waals surface area contributed by atoms with Crippen LogP contribution in [0.2, 0.25) is 0 Å². The zero-order valence-corrected chi connectivity index (χ0v) is 12.6. The predicted molar refractivity (Wildman–Crippen MR) is 82.5 cm³/mol. The first kappa shape index (κ1) is 15.0. The summed E-state index contributed by atoms with van der Waals surface area (Å²) in [5.74, 6) is 0.100. The summed E-state index contributed by atoms with van der Waals surface area (Å²) in [6.45, 7) is 1.32. The van der Waals surface area contributed by atoms with Crippen LogP contribution in [-0.2, 0) is 11.3 Å². The maximum absolute atomic E-state index is 12.1. The molecule has 23 heavy (non-hydrogen) atoms. The van der Waals surface area contributed by atoms with Crippen molar-refractivity contribution in [3.63, 3.8) is 0 Å². The van der Waals surface area contributed by atoms with Crippen molar-refractivity contribution in [1.82, 2.24) is 25.0 Å². The van der Waals surface area contributed by atoms with E-state index in [9.17, 15) is 9.59 Å². The molecule has 0 aromatic carbocycles. The van der Waals surface area contributed by atoms with Crippen molar-refractivity contribution in [1.29, 1.82) is 0 Å². The Morgan fingerprint density at radius 1 is 1.39 bits per heavy atom. The average Bonchev–Trinajstić information content (AvgIpc) is 3.24. The lowest BCUT2D eigenvalue weighted by Crippen LogP contribution is -2.39. The molecule has 0 aliphatic carbocycles. The molecule has 8 heteroatoms. The average molecular weight is 314 g/mol. The molecular formula is C15H18N6O2. The maximum atomic E-state index is 12.1. The fourth-order valence-corrected chi connectivity index (χ4v) is 2.57. The van der Waals surface area contributed by atoms with Crippen LogP contribution in [0.4, 0.5) is 4.79 Å². The van der Waals surface area contributed by atoms with Gasteiger partial charge in [0.25, 0.3) is 0 Å². The molecule has 3 rings (SSSR count). The third kappa shape index (κ3) is 3.47. The van der Waals surface area contributed by atoms with Crippen LogP contribution in [0, 0.1) is 5.92 Å². The molecule has 0 unspecified atom stereocenters. The Morgan fingerprint density at radius 2 is 2.26 bits per heavy atom. The van der Waals surface area contributed by atoms with E-state index in [1.807, 2.05) is 18.2 Å². The highest BCUT2D eigenvalue weighted by atomic mass is 16.2. The van der Waals surface area contributed by atoms with Gasteiger partial charge < -0.3 is 16.0 Å². The number of primary amides is 1. The second-order valence-corrected chi connectivity index (χ2v) is 5.47. The smallest absolute Gasteiger partial charge is 0.317 e. The molecule has 1 aliphatic rings. The largest absolute Gasteiger partial charge is 0.369 e. The number of rotatable bonds is 4. The third-order valence-electron chi connectivity index (χ3n) is 3.87. The first-order valence-electron chi connectivity index (χ1n) is 7.40. The molecular weight excluding hydrogens is 296 g/mol. The van der Waals surface area contributed by atoms with Crippen LogP contribution in [0.5, 0.6) is 0 Å². The molecule has 3 amide bonds. The van der Waals surface area contributed by atoms with Crippen LogP contribution in [0.25, 0.3) is 5.82 Å². The number of nitrogens with zero attached hydrogens (tertiary/aromatic N) is 4. The van der Waals surface area contributed by atoms with Crippen molar-refractivity contribution in [2.75, 3.05) is 13.1 Å². The fourth-order valence-electron chi connectivity index (χ4n) is 2.57. The monoisotopic (exact) mass is 314 g/mol. The van der Waals surface area contributed by atoms with E-state index in [2.05, 4.69) is 15.4 Å². The molecule has 0 saturated carbocycles. The quantitative estimate of drug-likeness (QED) is 0.845. The highest BCUT2D eigenvalue weighted by Gasteiger charge is 2.29. The summed E-state index contributed by atoms with van der Waals surface area (Å²) >= 11 is 0. The highest BCUT2D eigenvalue weighted by molar-refractivity contribution is 5.80. The van der Waals surface area contributed by atoms with Crippen molar-refractivity contribution >= 4 is 11.9 Å². The summed E-state index contributed by atoms with van der Waals surface area (Å²) < 4.78 is 1.66. The Kier molecular flexibility index (Phi) is 4.22. The molecule has 8 nitrogen and oxygen atoms in total. The summed E-state index contributed by atoms with van der Waals surface area (Å²) in [7, 11) is 0. The number of aromatic nitrogens is 3. The Hall–Kier alpha value is -2.90. The van der Waals surface area contributed by atoms with Crippen LogP contribution in [0.1, 0.15) is 12.0 Å². The number of hydrogen-bond donors (Lipinski definition) is 2. The lowest BCUT2D eigenvalue weighted by Gasteiger charge is -2.17. The second kappa shape index (κ2) is 6.47. The Labute approximate surface area is 133 Å². The number of carbonyl (C=O) groups is 2. The summed E-state index contributed by atoms with van der Waals surface area (Å²) in [4.78, 5) is 29.1. The minimum absolute atomic E-state index is 0.189. The van der Waals surface area contributed by atoms with Crippen molar-refractivity contribution in [2.24, 2.45) is 11.7 Å². The Morgan fingerprint density at radius 3 is 2.96 bits per heavy atom. The number of nitrogens with two attached hydrogens (primary N) is 1. The van der Waals surface area contributed by atoms with Gasteiger partial charge in [-0.3, -0.25) is 4.79 Å². The predicted octanol–water partition coefficient (Wildman–Crippen LogP) is 0.284. The number of pyridine rings is 1. The van der Waals surface area contributed by atoms with Gasteiger partial charge in [-0.15, -0.1) is 0 Å². The standard InChI is InChI=1S/C15H18N6O2/c16-14(22)12-3-7-20(10-12)15(23)18-9-11-2-5-17-13(8-11)21-6-1-4-19-21/h1-2,4-6,8,12H,3,7,9-10H2,(H2,16,22)(H,18,23)/t12-/m0/s1. The topological polar surface area (TPSA) is 106 Å². The van der Waals surface area contributed by atoms with Gasteiger partial charge in [0.05, 0.1) is 5.92 Å². The van der Waals surface area contributed by atoms with Crippen molar-refractivity contribution in [2.45, 2.75) is 13.0 Å². The zero-order valence-electron chi connectivity index (χ0n) is 12.6. The van der Waals surface area contributed by atoms with Crippen LogP contribution in [0.15, 0.2) is 36.8 Å². The van der Waals surface area contributed by atoms with E-state index in [4.69, 9.17) is 5.73 Å². The second-order valence-electron chi connectivity index (χ2n) is 5.47. The number of urea groups is 1. The molecule has 3 heterocycles. The lowest BCUT2D eigenvalue weighted by atomic mass is 10.1. The van der Waals surface area contributed by atoms with Crippen LogP contribution in [0.3, 0.4) is 0 Å². The van der Waals surface area contributed by atoms with Crippen molar-refractivity contribution in [3.8, 4) is 5.82 Å². The first-order chi connectivity index (χ1) is 11.1. The molecule has 1 fully saturated rings. The van der Waals surface area contributed by atoms with Gasteiger partial charge in [-0.05, 0) is 30.2 Å². The SMILES string of the molecule is NC(=O)[C@H]1CCN(C(=O)NCc2ccnc(-n3cccn3)c2)C1. The van der Waals surface area contributed by atoms with Gasteiger partial charge in [-0.1, -0.05) is 0 Å². The number of hydrogen-bond acceptors (Lipinski definition) is 4. The van der Waals surface area contributed by atoms with Gasteiger partial charge in [0.2, 0.25) is 5.91 Å². The normalized spacial score (nSPS) is 17.2. The fraction of sp³-hybridized carbons (Fsp3) is 0.333. The van der Waals surface area contributed by atoms with E-state index in [0.29, 0.717) is 31.9 Å². The number of nitrogens with one attached hydrogen (secondary N) is 1. The van der Waals surface area contributed by atoms with Gasteiger partial charge in [-0.2, -0.15) is 5.10 Å². The zero-order chi connectivity index (χ0) is 16.2. The summed E-state index contributed by atoms with van der Waals surface area (Å²) in [5, 5.41) is 6.98. The highest BCUT2D eigenvalue weighted by Crippen LogP contribution is 2.15. The maximum Gasteiger partial charge on any atom is 0.317 e. The number of likely N-dealkylation sites (tertiary alicyclic amines) is 1. The van der Waals surface area contributed by atoms with E-state index in [-0.39, 0.29) is 17.9 Å². The molecule has 120 valence electrons. The van der Waals surface area contributed by atoms with Crippen LogP contribution < -0.4 is 11.1 Å². The summed E-state index contributed by atoms with van der Waals surface area (Å²) in [6, 6.07) is 5.33. The third-order valence-corrected chi connectivity index (χ3v) is 3.87. The number of carbonyl (C=O) groups excluding carboxylic acids is 2. The minimum Gasteiger partial charge on any atom is -0.369 e.